The van der Waals surface area contributed by atoms with Gasteiger partial charge in [-0.3, -0.25) is 0 Å². The average molecular weight is 428 g/mol. The predicted octanol–water partition coefficient (Wildman–Crippen LogP) is 1.77. The van der Waals surface area contributed by atoms with Crippen LogP contribution in [-0.4, -0.2) is 53.3 Å². The topological polar surface area (TPSA) is 133 Å². The van der Waals surface area contributed by atoms with Gasteiger partial charge in [-0.1, -0.05) is 36.5 Å². The molecule has 0 aliphatic rings. The van der Waals surface area contributed by atoms with E-state index in [4.69, 9.17) is 31.1 Å². The number of hydroxylamine groups is 6. The molecule has 0 radical (unpaired) electrons. The van der Waals surface area contributed by atoms with E-state index in [-0.39, 0.29) is 19.6 Å². The van der Waals surface area contributed by atoms with E-state index in [1.165, 1.54) is 36.5 Å². The van der Waals surface area contributed by atoms with Gasteiger partial charge >= 0.3 is 7.82 Å². The zero-order valence-corrected chi connectivity index (χ0v) is 17.6. The molecule has 0 aliphatic heterocycles. The van der Waals surface area contributed by atoms with E-state index in [1.54, 1.807) is 0 Å². The maximum absolute atomic E-state index is 13.6. The molecule has 0 heterocycles. The lowest BCUT2D eigenvalue weighted by Crippen LogP contribution is -2.45. The van der Waals surface area contributed by atoms with Gasteiger partial charge in [-0.25, -0.2) is 4.57 Å². The van der Waals surface area contributed by atoms with Crippen molar-refractivity contribution < 1.29 is 18.4 Å². The van der Waals surface area contributed by atoms with Crippen molar-refractivity contribution in [1.29, 1.82) is 0 Å². The third-order valence-electron chi connectivity index (χ3n) is 3.26. The van der Waals surface area contributed by atoms with Gasteiger partial charge in [0.15, 0.2) is 0 Å². The number of rotatable bonds is 18. The summed E-state index contributed by atoms with van der Waals surface area (Å²) in [4.78, 5) is 0. The van der Waals surface area contributed by atoms with Gasteiger partial charge in [0, 0.05) is 19.6 Å². The molecular weight excluding hydrogens is 395 g/mol. The summed E-state index contributed by atoms with van der Waals surface area (Å²) in [6.45, 7) is 21.9. The summed E-state index contributed by atoms with van der Waals surface area (Å²) in [5.74, 6) is 0. The standard InChI is InChI=1S/C18H33N6O4P/c1-7-13-22(16(19)10-4)26-29(25,27-23(14-8-2)17(20)11-5)28-24(15-9-3)18(21)12-6/h7-12,16-18H,1-6,13-15,19-21H2. The summed E-state index contributed by atoms with van der Waals surface area (Å²) in [6, 6.07) is 0. The van der Waals surface area contributed by atoms with Crippen LogP contribution in [0.25, 0.3) is 0 Å². The van der Waals surface area contributed by atoms with Crippen LogP contribution in [0.15, 0.2) is 75.9 Å². The Bertz CT molecular complexity index is 536. The van der Waals surface area contributed by atoms with Crippen molar-refractivity contribution in [3.8, 4) is 0 Å². The molecular formula is C18H33N6O4P. The van der Waals surface area contributed by atoms with E-state index in [1.807, 2.05) is 0 Å². The van der Waals surface area contributed by atoms with E-state index in [0.717, 1.165) is 15.2 Å². The summed E-state index contributed by atoms with van der Waals surface area (Å²) in [6.07, 6.45) is 6.08. The van der Waals surface area contributed by atoms with Crippen LogP contribution in [0.3, 0.4) is 0 Å². The first kappa shape index (κ1) is 27.3. The second-order valence-electron chi connectivity index (χ2n) is 5.54. The Morgan fingerprint density at radius 2 is 0.897 bits per heavy atom. The van der Waals surface area contributed by atoms with Gasteiger partial charge in [-0.05, 0) is 0 Å². The van der Waals surface area contributed by atoms with Crippen molar-refractivity contribution in [3.63, 3.8) is 0 Å². The highest BCUT2D eigenvalue weighted by atomic mass is 31.2. The minimum Gasteiger partial charge on any atom is -0.311 e. The Hall–Kier alpha value is -1.69. The second-order valence-corrected chi connectivity index (χ2v) is 6.92. The van der Waals surface area contributed by atoms with E-state index in [0.29, 0.717) is 0 Å². The summed E-state index contributed by atoms with van der Waals surface area (Å²) in [7, 11) is -4.43. The molecule has 6 N–H and O–H groups in total. The first-order valence-corrected chi connectivity index (χ1v) is 10.1. The van der Waals surface area contributed by atoms with Crippen LogP contribution >= 0.6 is 7.82 Å². The summed E-state index contributed by atoms with van der Waals surface area (Å²) in [5, 5.41) is 3.37. The van der Waals surface area contributed by atoms with Gasteiger partial charge in [0.05, 0.1) is 0 Å². The van der Waals surface area contributed by atoms with Crippen molar-refractivity contribution >= 4 is 7.82 Å². The molecule has 0 aromatic carbocycles. The lowest BCUT2D eigenvalue weighted by atomic mass is 10.4. The molecule has 11 heteroatoms. The van der Waals surface area contributed by atoms with Crippen LogP contribution in [0.2, 0.25) is 0 Å². The minimum absolute atomic E-state index is 0.0911. The monoisotopic (exact) mass is 428 g/mol. The largest absolute Gasteiger partial charge is 0.525 e. The van der Waals surface area contributed by atoms with Crippen LogP contribution in [0.5, 0.6) is 0 Å². The lowest BCUT2D eigenvalue weighted by molar-refractivity contribution is -0.195. The first-order chi connectivity index (χ1) is 13.7. The Kier molecular flexibility index (Phi) is 13.5. The molecule has 29 heavy (non-hydrogen) atoms. The van der Waals surface area contributed by atoms with Crippen molar-refractivity contribution in [2.45, 2.75) is 18.5 Å². The molecule has 0 amide bonds. The number of nitrogens with two attached hydrogens (primary N) is 3. The fourth-order valence-electron chi connectivity index (χ4n) is 1.79. The quantitative estimate of drug-likeness (QED) is 0.128. The molecule has 0 bridgehead atoms. The highest BCUT2D eigenvalue weighted by Crippen LogP contribution is 2.52. The summed E-state index contributed by atoms with van der Waals surface area (Å²) < 4.78 is 30.1. The summed E-state index contributed by atoms with van der Waals surface area (Å²) >= 11 is 0. The van der Waals surface area contributed by atoms with Gasteiger partial charge in [-0.15, -0.1) is 39.5 Å². The molecule has 0 spiro atoms. The fraction of sp³-hybridized carbons (Fsp3) is 0.333. The molecule has 0 saturated carbocycles. The van der Waals surface area contributed by atoms with Gasteiger partial charge in [-0.2, -0.15) is 29.1 Å². The predicted molar refractivity (Wildman–Crippen MR) is 116 cm³/mol. The molecule has 10 nitrogen and oxygen atoms in total. The molecule has 0 aromatic heterocycles. The van der Waals surface area contributed by atoms with Crippen molar-refractivity contribution in [1.82, 2.24) is 15.2 Å². The van der Waals surface area contributed by atoms with Crippen LogP contribution in [0.4, 0.5) is 0 Å². The van der Waals surface area contributed by atoms with Crippen LogP contribution < -0.4 is 17.2 Å². The van der Waals surface area contributed by atoms with Gasteiger partial charge in [0.25, 0.3) is 0 Å². The highest BCUT2D eigenvalue weighted by Gasteiger charge is 2.39. The normalized spacial score (nSPS) is 16.6. The number of phosphoric acid groups is 1. The molecule has 0 aromatic rings. The highest BCUT2D eigenvalue weighted by molar-refractivity contribution is 7.48. The van der Waals surface area contributed by atoms with Gasteiger partial charge in [0.1, 0.15) is 18.5 Å². The third kappa shape index (κ3) is 9.57. The second kappa shape index (κ2) is 14.3. The Balaban J connectivity index is 5.99. The smallest absolute Gasteiger partial charge is 0.311 e. The van der Waals surface area contributed by atoms with Crippen LogP contribution in [0.1, 0.15) is 0 Å². The Morgan fingerprint density at radius 3 is 1.07 bits per heavy atom. The van der Waals surface area contributed by atoms with E-state index in [9.17, 15) is 4.57 Å². The number of hydrogen-bond donors (Lipinski definition) is 3. The maximum atomic E-state index is 13.6. The molecule has 3 atom stereocenters. The van der Waals surface area contributed by atoms with E-state index in [2.05, 4.69) is 39.5 Å². The molecule has 3 unspecified atom stereocenters. The summed E-state index contributed by atoms with van der Waals surface area (Å²) in [5.41, 5.74) is 17.8. The third-order valence-corrected chi connectivity index (χ3v) is 4.49. The lowest BCUT2D eigenvalue weighted by Gasteiger charge is -2.34. The molecule has 164 valence electrons. The number of hydrogen-bond acceptors (Lipinski definition) is 10. The maximum Gasteiger partial charge on any atom is 0.525 e. The molecule has 0 fully saturated rings. The fourth-order valence-corrected chi connectivity index (χ4v) is 3.18. The van der Waals surface area contributed by atoms with Crippen molar-refractivity contribution in [2.24, 2.45) is 17.2 Å². The Labute approximate surface area is 173 Å². The average Bonchev–Trinajstić information content (AvgIpc) is 2.70. The molecule has 0 rings (SSSR count). The SMILES string of the molecule is C=CCN(OP(=O)(ON(CC=C)C(N)C=C)ON(CC=C)C(N)C=C)C(N)C=C. The van der Waals surface area contributed by atoms with Crippen molar-refractivity contribution in [2.75, 3.05) is 19.6 Å². The zero-order valence-electron chi connectivity index (χ0n) is 16.7. The Morgan fingerprint density at radius 1 is 0.655 bits per heavy atom. The molecule has 0 aliphatic carbocycles. The van der Waals surface area contributed by atoms with Gasteiger partial charge in [0.2, 0.25) is 0 Å². The first-order valence-electron chi connectivity index (χ1n) is 8.68. The number of nitrogens with zero attached hydrogens (tertiary/aromatic N) is 3. The zero-order chi connectivity index (χ0) is 22.4. The van der Waals surface area contributed by atoms with Gasteiger partial charge < -0.3 is 17.2 Å². The molecule has 0 saturated heterocycles. The minimum atomic E-state index is -4.43. The van der Waals surface area contributed by atoms with Crippen LogP contribution in [0, 0.1) is 0 Å². The van der Waals surface area contributed by atoms with E-state index < -0.39 is 26.3 Å². The van der Waals surface area contributed by atoms with E-state index >= 15 is 0 Å². The van der Waals surface area contributed by atoms with Crippen LogP contribution in [-0.2, 0) is 18.4 Å². The van der Waals surface area contributed by atoms with Crippen molar-refractivity contribution in [3.05, 3.63) is 75.9 Å².